The number of para-hydroxylation sites is 3. The lowest BCUT2D eigenvalue weighted by Crippen LogP contribution is -2.35. The molecule has 0 amide bonds. The number of allylic oxidation sites excluding steroid dienone is 4. The molecule has 1 aromatic heterocycles. The van der Waals surface area contributed by atoms with E-state index in [0.29, 0.717) is 0 Å². The smallest absolute Gasteiger partial charge is 0.0540 e. The lowest BCUT2D eigenvalue weighted by molar-refractivity contribution is 0.324. The first-order valence-electron chi connectivity index (χ1n) is 19.8. The SMILES string of the molecule is CC1(C)c2cc(N(c3ccccc3)c3ccc(-c4cc5ccccc5c5ccccc45)cc3)ccc2C2(C)C=CC(n3c4ccccc4c4ccccc43)=CC12. The second kappa shape index (κ2) is 12.2. The predicted molar refractivity (Wildman–Crippen MR) is 238 cm³/mol. The molecule has 0 fully saturated rings. The van der Waals surface area contributed by atoms with E-state index in [1.165, 1.54) is 77.0 Å². The predicted octanol–water partition coefficient (Wildman–Crippen LogP) is 14.5. The Morgan fingerprint density at radius 3 is 1.77 bits per heavy atom. The van der Waals surface area contributed by atoms with Crippen molar-refractivity contribution in [3.63, 3.8) is 0 Å². The molecule has 56 heavy (non-hydrogen) atoms. The molecule has 2 unspecified atom stereocenters. The van der Waals surface area contributed by atoms with Crippen LogP contribution in [0.2, 0.25) is 0 Å². The van der Waals surface area contributed by atoms with Crippen LogP contribution in [-0.2, 0) is 10.8 Å². The van der Waals surface area contributed by atoms with Crippen LogP contribution in [0.3, 0.4) is 0 Å². The highest BCUT2D eigenvalue weighted by Crippen LogP contribution is 2.58. The Labute approximate surface area is 328 Å². The molecular formula is C54H42N2. The van der Waals surface area contributed by atoms with Crippen LogP contribution >= 0.6 is 0 Å². The Morgan fingerprint density at radius 1 is 0.482 bits per heavy atom. The van der Waals surface area contributed by atoms with Crippen molar-refractivity contribution in [2.75, 3.05) is 4.90 Å². The molecule has 0 saturated carbocycles. The summed E-state index contributed by atoms with van der Waals surface area (Å²) >= 11 is 0. The molecule has 2 atom stereocenters. The third-order valence-corrected chi connectivity index (χ3v) is 13.0. The molecule has 0 spiro atoms. The standard InChI is InChI=1S/C54H42N2/c1-53(2)49-34-40(29-30-48(49)54(3)32-31-41(35-52(53)54)56-50-23-13-11-21-45(50)46-22-12-14-24-51(46)56)55(38-16-5-4-6-17-38)39-27-25-36(26-28-39)47-33-37-15-7-8-18-42(37)43-19-9-10-20-44(43)47/h4-35,52H,1-3H3. The van der Waals surface area contributed by atoms with Crippen molar-refractivity contribution in [1.29, 1.82) is 0 Å². The number of hydrogen-bond acceptors (Lipinski definition) is 1. The summed E-state index contributed by atoms with van der Waals surface area (Å²) in [4.78, 5) is 2.41. The maximum absolute atomic E-state index is 2.56. The zero-order valence-electron chi connectivity index (χ0n) is 31.9. The van der Waals surface area contributed by atoms with E-state index in [1.54, 1.807) is 0 Å². The van der Waals surface area contributed by atoms with Crippen LogP contribution in [0.1, 0.15) is 31.9 Å². The van der Waals surface area contributed by atoms with Gasteiger partial charge in [-0.25, -0.2) is 0 Å². The van der Waals surface area contributed by atoms with Crippen molar-refractivity contribution in [2.24, 2.45) is 5.92 Å². The summed E-state index contributed by atoms with van der Waals surface area (Å²) in [5.41, 5.74) is 12.3. The molecule has 0 radical (unpaired) electrons. The number of hydrogen-bond donors (Lipinski definition) is 0. The molecule has 2 aliphatic rings. The van der Waals surface area contributed by atoms with Gasteiger partial charge in [0.25, 0.3) is 0 Å². The molecule has 0 aliphatic heterocycles. The number of nitrogens with zero attached hydrogens (tertiary/aromatic N) is 2. The van der Waals surface area contributed by atoms with Crippen LogP contribution in [0, 0.1) is 5.92 Å². The molecule has 268 valence electrons. The van der Waals surface area contributed by atoms with Gasteiger partial charge < -0.3 is 9.47 Å². The van der Waals surface area contributed by atoms with E-state index in [0.717, 1.165) is 11.4 Å². The van der Waals surface area contributed by atoms with Crippen LogP contribution in [-0.4, -0.2) is 4.57 Å². The van der Waals surface area contributed by atoms with E-state index in [9.17, 15) is 0 Å². The zero-order valence-corrected chi connectivity index (χ0v) is 31.9. The van der Waals surface area contributed by atoms with Crippen LogP contribution in [0.25, 0.3) is 60.2 Å². The van der Waals surface area contributed by atoms with Gasteiger partial charge in [-0.05, 0) is 110 Å². The highest BCUT2D eigenvalue weighted by atomic mass is 15.1. The van der Waals surface area contributed by atoms with Gasteiger partial charge in [-0.2, -0.15) is 0 Å². The summed E-state index contributed by atoms with van der Waals surface area (Å²) in [6, 6.07) is 64.6. The largest absolute Gasteiger partial charge is 0.310 e. The molecule has 9 aromatic rings. The van der Waals surface area contributed by atoms with Crippen molar-refractivity contribution >= 4 is 66.1 Å². The summed E-state index contributed by atoms with van der Waals surface area (Å²) in [6.45, 7) is 7.32. The molecule has 11 rings (SSSR count). The van der Waals surface area contributed by atoms with Crippen LogP contribution < -0.4 is 4.90 Å². The van der Waals surface area contributed by atoms with Crippen LogP contribution in [0.15, 0.2) is 194 Å². The first-order valence-corrected chi connectivity index (χ1v) is 19.8. The van der Waals surface area contributed by atoms with Crippen molar-refractivity contribution in [2.45, 2.75) is 31.6 Å². The average Bonchev–Trinajstić information content (AvgIpc) is 3.67. The third-order valence-electron chi connectivity index (χ3n) is 13.0. The minimum absolute atomic E-state index is 0.113. The van der Waals surface area contributed by atoms with E-state index < -0.39 is 0 Å². The van der Waals surface area contributed by atoms with E-state index in [2.05, 4.69) is 224 Å². The monoisotopic (exact) mass is 718 g/mol. The van der Waals surface area contributed by atoms with Gasteiger partial charge in [0.1, 0.15) is 0 Å². The maximum atomic E-state index is 2.56. The topological polar surface area (TPSA) is 8.17 Å². The Balaban J connectivity index is 1.01. The number of fused-ring (bicyclic) bond motifs is 9. The van der Waals surface area contributed by atoms with Crippen molar-refractivity contribution < 1.29 is 0 Å². The number of rotatable bonds is 5. The Hall–Kier alpha value is -6.64. The lowest BCUT2D eigenvalue weighted by Gasteiger charge is -2.37. The van der Waals surface area contributed by atoms with Gasteiger partial charge in [0, 0.05) is 44.9 Å². The van der Waals surface area contributed by atoms with Gasteiger partial charge in [-0.3, -0.25) is 0 Å². The summed E-state index contributed by atoms with van der Waals surface area (Å²) < 4.78 is 2.47. The highest BCUT2D eigenvalue weighted by molar-refractivity contribution is 6.14. The first-order chi connectivity index (χ1) is 27.4. The fourth-order valence-corrected chi connectivity index (χ4v) is 10.3. The van der Waals surface area contributed by atoms with Gasteiger partial charge in [-0.1, -0.05) is 154 Å². The summed E-state index contributed by atoms with van der Waals surface area (Å²) in [5, 5.41) is 7.71. The molecule has 2 aliphatic carbocycles. The quantitative estimate of drug-likeness (QED) is 0.161. The Morgan fingerprint density at radius 2 is 1.05 bits per heavy atom. The Bertz CT molecular complexity index is 3020. The van der Waals surface area contributed by atoms with Gasteiger partial charge in [0.05, 0.1) is 11.0 Å². The minimum atomic E-state index is -0.124. The Kier molecular flexibility index (Phi) is 7.13. The highest BCUT2D eigenvalue weighted by Gasteiger charge is 2.52. The van der Waals surface area contributed by atoms with Gasteiger partial charge in [-0.15, -0.1) is 0 Å². The zero-order chi connectivity index (χ0) is 37.6. The summed E-state index contributed by atoms with van der Waals surface area (Å²) in [6.07, 6.45) is 7.40. The van der Waals surface area contributed by atoms with Crippen molar-refractivity contribution in [3.8, 4) is 11.1 Å². The summed E-state index contributed by atoms with van der Waals surface area (Å²) in [7, 11) is 0. The minimum Gasteiger partial charge on any atom is -0.310 e. The van der Waals surface area contributed by atoms with Crippen molar-refractivity contribution in [3.05, 3.63) is 205 Å². The van der Waals surface area contributed by atoms with Crippen LogP contribution in [0.4, 0.5) is 17.1 Å². The normalized spacial score (nSPS) is 18.3. The second-order valence-electron chi connectivity index (χ2n) is 16.4. The fourth-order valence-electron chi connectivity index (χ4n) is 10.3. The molecule has 2 heteroatoms. The van der Waals surface area contributed by atoms with Crippen molar-refractivity contribution in [1.82, 2.24) is 4.57 Å². The molecule has 0 saturated heterocycles. The van der Waals surface area contributed by atoms with Gasteiger partial charge >= 0.3 is 0 Å². The summed E-state index contributed by atoms with van der Waals surface area (Å²) in [5.74, 6) is 0.279. The number of anilines is 3. The molecule has 2 nitrogen and oxygen atoms in total. The third kappa shape index (κ3) is 4.75. The number of aromatic nitrogens is 1. The second-order valence-corrected chi connectivity index (χ2v) is 16.4. The fraction of sp³-hybridized carbons (Fsp3) is 0.111. The van der Waals surface area contributed by atoms with Gasteiger partial charge in [0.15, 0.2) is 0 Å². The van der Waals surface area contributed by atoms with E-state index >= 15 is 0 Å². The number of benzene rings is 8. The van der Waals surface area contributed by atoms with E-state index in [-0.39, 0.29) is 16.7 Å². The molecule has 0 bridgehead atoms. The maximum Gasteiger partial charge on any atom is 0.0540 e. The molecule has 8 aromatic carbocycles. The van der Waals surface area contributed by atoms with Crippen LogP contribution in [0.5, 0.6) is 0 Å². The molecular weight excluding hydrogens is 677 g/mol. The average molecular weight is 719 g/mol. The molecule has 0 N–H and O–H groups in total. The van der Waals surface area contributed by atoms with E-state index in [4.69, 9.17) is 0 Å². The van der Waals surface area contributed by atoms with E-state index in [1.807, 2.05) is 0 Å². The van der Waals surface area contributed by atoms with Gasteiger partial charge in [0.2, 0.25) is 0 Å². The molecule has 1 heterocycles. The first kappa shape index (κ1) is 32.8. The lowest BCUT2D eigenvalue weighted by atomic mass is 9.67.